The minimum atomic E-state index is 0.501. The average Bonchev–Trinajstić information content (AvgIpc) is 3.03. The fourth-order valence-corrected chi connectivity index (χ4v) is 3.48. The summed E-state index contributed by atoms with van der Waals surface area (Å²) in [6, 6.07) is 3.15. The molecule has 3 rings (SSSR count). The molecule has 1 N–H and O–H groups in total. The fraction of sp³-hybridized carbons (Fsp3) is 0.812. The molecule has 0 aliphatic heterocycles. The van der Waals surface area contributed by atoms with E-state index in [2.05, 4.69) is 35.1 Å². The lowest BCUT2D eigenvalue weighted by Gasteiger charge is -2.29. The molecule has 106 valence electrons. The Bertz CT molecular complexity index is 425. The van der Waals surface area contributed by atoms with Crippen molar-refractivity contribution in [2.45, 2.75) is 64.3 Å². The second-order valence-corrected chi connectivity index (χ2v) is 6.64. The van der Waals surface area contributed by atoms with Gasteiger partial charge < -0.3 is 5.32 Å². The summed E-state index contributed by atoms with van der Waals surface area (Å²) in [6.07, 6.45) is 10.6. The summed E-state index contributed by atoms with van der Waals surface area (Å²) in [5, 5.41) is 8.38. The van der Waals surface area contributed by atoms with Crippen molar-refractivity contribution in [3.05, 3.63) is 17.5 Å². The fourth-order valence-electron chi connectivity index (χ4n) is 3.48. The maximum absolute atomic E-state index is 4.61. The molecule has 0 aromatic carbocycles. The Hall–Kier alpha value is -0.830. The van der Waals surface area contributed by atoms with Gasteiger partial charge in [-0.3, -0.25) is 4.68 Å². The molecule has 3 nitrogen and oxygen atoms in total. The second-order valence-electron chi connectivity index (χ2n) is 6.64. The van der Waals surface area contributed by atoms with Crippen LogP contribution in [0.5, 0.6) is 0 Å². The molecule has 0 atom stereocenters. The summed E-state index contributed by atoms with van der Waals surface area (Å²) in [5.41, 5.74) is 3.17. The number of hydrogen-bond acceptors (Lipinski definition) is 2. The maximum Gasteiger partial charge on any atom is 0.0624 e. The van der Waals surface area contributed by atoms with Gasteiger partial charge in [0.2, 0.25) is 0 Å². The Balaban J connectivity index is 1.70. The van der Waals surface area contributed by atoms with Crippen LogP contribution in [-0.4, -0.2) is 22.4 Å². The van der Waals surface area contributed by atoms with E-state index < -0.39 is 0 Å². The lowest BCUT2D eigenvalue weighted by molar-refractivity contribution is 0.270. The normalized spacial score (nSPS) is 22.0. The minimum Gasteiger partial charge on any atom is -0.313 e. The molecule has 2 saturated carbocycles. The van der Waals surface area contributed by atoms with Crippen LogP contribution >= 0.6 is 0 Å². The molecular weight excluding hydrogens is 234 g/mol. The van der Waals surface area contributed by atoms with E-state index in [4.69, 9.17) is 0 Å². The molecule has 0 amide bonds. The second kappa shape index (κ2) is 5.28. The van der Waals surface area contributed by atoms with Crippen LogP contribution in [0.2, 0.25) is 0 Å². The van der Waals surface area contributed by atoms with E-state index in [0.717, 1.165) is 12.5 Å². The maximum atomic E-state index is 4.61. The van der Waals surface area contributed by atoms with Gasteiger partial charge in [-0.1, -0.05) is 19.8 Å². The lowest BCUT2D eigenvalue weighted by atomic mass is 9.81. The van der Waals surface area contributed by atoms with Crippen molar-refractivity contribution in [3.63, 3.8) is 0 Å². The number of aryl methyl sites for hydroxylation is 2. The molecule has 0 bridgehead atoms. The molecule has 1 heterocycles. The van der Waals surface area contributed by atoms with E-state index in [9.17, 15) is 0 Å². The third kappa shape index (κ3) is 3.02. The molecule has 2 aliphatic rings. The third-order valence-electron chi connectivity index (χ3n) is 4.95. The van der Waals surface area contributed by atoms with Crippen LogP contribution < -0.4 is 5.32 Å². The van der Waals surface area contributed by atoms with Gasteiger partial charge in [0.15, 0.2) is 0 Å². The van der Waals surface area contributed by atoms with Crippen LogP contribution in [0.1, 0.15) is 56.8 Å². The zero-order valence-electron chi connectivity index (χ0n) is 12.4. The number of aromatic nitrogens is 2. The minimum absolute atomic E-state index is 0.501. The summed E-state index contributed by atoms with van der Waals surface area (Å²) >= 11 is 0. The van der Waals surface area contributed by atoms with E-state index in [-0.39, 0.29) is 0 Å². The zero-order valence-corrected chi connectivity index (χ0v) is 12.4. The topological polar surface area (TPSA) is 29.9 Å². The molecule has 0 unspecified atom stereocenters. The summed E-state index contributed by atoms with van der Waals surface area (Å²) in [5.74, 6) is 0. The summed E-state index contributed by atoms with van der Waals surface area (Å²) < 4.78 is 2.11. The van der Waals surface area contributed by atoms with Crippen molar-refractivity contribution in [2.24, 2.45) is 12.5 Å². The van der Waals surface area contributed by atoms with Crippen molar-refractivity contribution in [2.75, 3.05) is 6.54 Å². The number of hydrogen-bond donors (Lipinski definition) is 1. The Morgan fingerprint density at radius 3 is 2.68 bits per heavy atom. The number of nitrogens with zero attached hydrogens (tertiary/aromatic N) is 2. The van der Waals surface area contributed by atoms with Crippen LogP contribution in [0.4, 0.5) is 0 Å². The van der Waals surface area contributed by atoms with Crippen LogP contribution in [0, 0.1) is 5.41 Å². The first-order valence-corrected chi connectivity index (χ1v) is 7.96. The van der Waals surface area contributed by atoms with Crippen molar-refractivity contribution in [1.29, 1.82) is 0 Å². The largest absolute Gasteiger partial charge is 0.313 e. The van der Waals surface area contributed by atoms with Crippen LogP contribution in [0.3, 0.4) is 0 Å². The van der Waals surface area contributed by atoms with Gasteiger partial charge in [0.1, 0.15) is 0 Å². The Kier molecular flexibility index (Phi) is 3.66. The quantitative estimate of drug-likeness (QED) is 0.853. The van der Waals surface area contributed by atoms with Gasteiger partial charge >= 0.3 is 0 Å². The molecule has 0 saturated heterocycles. The molecule has 0 radical (unpaired) electrons. The van der Waals surface area contributed by atoms with Crippen molar-refractivity contribution in [3.8, 4) is 0 Å². The van der Waals surface area contributed by atoms with Crippen molar-refractivity contribution < 1.29 is 0 Å². The summed E-state index contributed by atoms with van der Waals surface area (Å²) in [7, 11) is 2.10. The molecule has 19 heavy (non-hydrogen) atoms. The molecule has 2 aliphatic carbocycles. The monoisotopic (exact) mass is 261 g/mol. The van der Waals surface area contributed by atoms with Crippen molar-refractivity contribution in [1.82, 2.24) is 15.1 Å². The molecule has 1 aromatic rings. The highest BCUT2D eigenvalue weighted by molar-refractivity contribution is 5.13. The van der Waals surface area contributed by atoms with Gasteiger partial charge in [-0.25, -0.2) is 0 Å². The highest BCUT2D eigenvalue weighted by Gasteiger charge is 2.36. The highest BCUT2D eigenvalue weighted by Crippen LogP contribution is 2.41. The number of nitrogens with one attached hydrogen (secondary N) is 1. The Morgan fingerprint density at radius 2 is 2.11 bits per heavy atom. The number of rotatable bonds is 6. The Labute approximate surface area is 116 Å². The van der Waals surface area contributed by atoms with Crippen LogP contribution in [0.15, 0.2) is 6.07 Å². The van der Waals surface area contributed by atoms with Gasteiger partial charge in [-0.15, -0.1) is 0 Å². The average molecular weight is 261 g/mol. The van der Waals surface area contributed by atoms with E-state index in [1.54, 1.807) is 0 Å². The first kappa shape index (κ1) is 13.2. The molecule has 0 spiro atoms. The van der Waals surface area contributed by atoms with E-state index in [0.29, 0.717) is 5.41 Å². The van der Waals surface area contributed by atoms with Crippen molar-refractivity contribution >= 4 is 0 Å². The van der Waals surface area contributed by atoms with Crippen LogP contribution in [0.25, 0.3) is 0 Å². The van der Waals surface area contributed by atoms with Gasteiger partial charge in [0.25, 0.3) is 0 Å². The smallest absolute Gasteiger partial charge is 0.0624 e. The molecule has 1 aromatic heterocycles. The molecule has 3 heteroatoms. The van der Waals surface area contributed by atoms with E-state index in [1.807, 2.05) is 0 Å². The third-order valence-corrected chi connectivity index (χ3v) is 4.95. The lowest BCUT2D eigenvalue weighted by Crippen LogP contribution is -2.35. The van der Waals surface area contributed by atoms with E-state index >= 15 is 0 Å². The zero-order chi connectivity index (χ0) is 13.3. The standard InChI is InChI=1S/C16H27N3/c1-3-13-10-15(19(2)18-13)11-16(8-4-5-9-16)12-17-14-6-7-14/h10,14,17H,3-9,11-12H2,1-2H3. The Morgan fingerprint density at radius 1 is 1.37 bits per heavy atom. The highest BCUT2D eigenvalue weighted by atomic mass is 15.3. The first-order valence-electron chi connectivity index (χ1n) is 7.96. The van der Waals surface area contributed by atoms with Crippen LogP contribution in [-0.2, 0) is 19.9 Å². The first-order chi connectivity index (χ1) is 9.21. The van der Waals surface area contributed by atoms with Gasteiger partial charge in [0, 0.05) is 25.3 Å². The van der Waals surface area contributed by atoms with Gasteiger partial charge in [-0.05, 0) is 50.0 Å². The summed E-state index contributed by atoms with van der Waals surface area (Å²) in [6.45, 7) is 3.40. The predicted octanol–water partition coefficient (Wildman–Crippen LogP) is 2.84. The molecular formula is C16H27N3. The van der Waals surface area contributed by atoms with Gasteiger partial charge in [-0.2, -0.15) is 5.10 Å². The van der Waals surface area contributed by atoms with E-state index in [1.165, 1.54) is 62.9 Å². The SMILES string of the molecule is CCc1cc(CC2(CNC3CC3)CCCC2)n(C)n1. The van der Waals surface area contributed by atoms with Gasteiger partial charge in [0.05, 0.1) is 5.69 Å². The summed E-state index contributed by atoms with van der Waals surface area (Å²) in [4.78, 5) is 0. The molecule has 2 fully saturated rings. The predicted molar refractivity (Wildman–Crippen MR) is 78.2 cm³/mol.